The largest absolute Gasteiger partial charge is 0.306 e. The highest BCUT2D eigenvalue weighted by atomic mass is 19.3. The second kappa shape index (κ2) is 18.2. The molecule has 0 bridgehead atoms. The van der Waals surface area contributed by atoms with E-state index in [9.17, 15) is 8.78 Å². The second-order valence-electron chi connectivity index (χ2n) is 9.98. The number of likely N-dealkylation sites (tertiary alicyclic amines) is 3. The maximum Gasteiger partial charge on any atom is 0.241 e. The predicted octanol–water partition coefficient (Wildman–Crippen LogP) is 6.63. The average molecular weight is 448 g/mol. The Balaban J connectivity index is 0.000000427. The Labute approximate surface area is 193 Å². The molecule has 188 valence electrons. The van der Waals surface area contributed by atoms with Crippen molar-refractivity contribution >= 4 is 0 Å². The number of hydrogen-bond donors (Lipinski definition) is 0. The van der Waals surface area contributed by atoms with Crippen LogP contribution < -0.4 is 0 Å². The van der Waals surface area contributed by atoms with Gasteiger partial charge in [0.2, 0.25) is 6.43 Å². The van der Waals surface area contributed by atoms with Crippen LogP contribution in [0.3, 0.4) is 0 Å². The molecule has 0 amide bonds. The number of rotatable bonds is 3. The zero-order valence-corrected chi connectivity index (χ0v) is 22.2. The summed E-state index contributed by atoms with van der Waals surface area (Å²) in [6, 6.07) is 1.27. The molecule has 0 saturated carbocycles. The number of halogens is 2. The quantitative estimate of drug-likeness (QED) is 0.481. The van der Waals surface area contributed by atoms with Gasteiger partial charge in [-0.1, -0.05) is 27.2 Å². The minimum Gasteiger partial charge on any atom is -0.306 e. The van der Waals surface area contributed by atoms with Crippen molar-refractivity contribution in [3.05, 3.63) is 0 Å². The van der Waals surface area contributed by atoms with Crippen LogP contribution in [0.25, 0.3) is 0 Å². The van der Waals surface area contributed by atoms with Crippen LogP contribution in [0.1, 0.15) is 93.4 Å². The van der Waals surface area contributed by atoms with E-state index in [1.54, 1.807) is 0 Å². The lowest BCUT2D eigenvalue weighted by Gasteiger charge is -2.34. The van der Waals surface area contributed by atoms with Crippen LogP contribution in [0.15, 0.2) is 0 Å². The van der Waals surface area contributed by atoms with Gasteiger partial charge in [0.05, 0.1) is 0 Å². The molecular weight excluding hydrogens is 392 g/mol. The third kappa shape index (κ3) is 14.5. The third-order valence-corrected chi connectivity index (χ3v) is 6.79. The second-order valence-corrected chi connectivity index (χ2v) is 9.98. The minimum absolute atomic E-state index is 0.347. The molecule has 0 unspecified atom stereocenters. The highest BCUT2D eigenvalue weighted by molar-refractivity contribution is 4.75. The maximum absolute atomic E-state index is 12.2. The lowest BCUT2D eigenvalue weighted by Crippen LogP contribution is -2.39. The number of nitrogens with zero attached hydrogens (tertiary/aromatic N) is 3. The molecule has 3 aliphatic rings. The first-order valence-corrected chi connectivity index (χ1v) is 13.2. The van der Waals surface area contributed by atoms with Gasteiger partial charge in [0.1, 0.15) is 0 Å². The number of piperidine rings is 3. The molecule has 0 aromatic carbocycles. The Morgan fingerprint density at radius 2 is 1.06 bits per heavy atom. The van der Waals surface area contributed by atoms with Crippen molar-refractivity contribution in [3.8, 4) is 0 Å². The van der Waals surface area contributed by atoms with Crippen molar-refractivity contribution < 1.29 is 8.78 Å². The lowest BCUT2D eigenvalue weighted by atomic mass is 9.97. The highest BCUT2D eigenvalue weighted by Gasteiger charge is 2.26. The Morgan fingerprint density at radius 1 is 0.645 bits per heavy atom. The molecule has 3 saturated heterocycles. The van der Waals surface area contributed by atoms with E-state index < -0.39 is 6.43 Å². The van der Waals surface area contributed by atoms with Gasteiger partial charge in [-0.2, -0.15) is 0 Å². The van der Waals surface area contributed by atoms with E-state index in [0.29, 0.717) is 18.9 Å². The fourth-order valence-corrected chi connectivity index (χ4v) is 4.26. The van der Waals surface area contributed by atoms with Crippen LogP contribution in [0.4, 0.5) is 8.78 Å². The van der Waals surface area contributed by atoms with Crippen LogP contribution >= 0.6 is 0 Å². The summed E-state index contributed by atoms with van der Waals surface area (Å²) in [4.78, 5) is 7.22. The molecule has 5 heteroatoms. The molecule has 3 heterocycles. The molecule has 0 atom stereocenters. The number of alkyl halides is 2. The van der Waals surface area contributed by atoms with Gasteiger partial charge in [0, 0.05) is 18.0 Å². The molecule has 3 nitrogen and oxygen atoms in total. The molecule has 31 heavy (non-hydrogen) atoms. The molecule has 0 aromatic heterocycles. The van der Waals surface area contributed by atoms with Gasteiger partial charge < -0.3 is 14.7 Å². The van der Waals surface area contributed by atoms with Crippen molar-refractivity contribution in [2.75, 3.05) is 46.3 Å². The van der Waals surface area contributed by atoms with E-state index in [-0.39, 0.29) is 5.92 Å². The summed E-state index contributed by atoms with van der Waals surface area (Å²) in [7, 11) is 2.20. The molecule has 0 aromatic rings. The smallest absolute Gasteiger partial charge is 0.241 e. The summed E-state index contributed by atoms with van der Waals surface area (Å²) >= 11 is 0. The number of hydrogen-bond acceptors (Lipinski definition) is 3. The van der Waals surface area contributed by atoms with Crippen molar-refractivity contribution in [2.24, 2.45) is 11.8 Å². The normalized spacial score (nSPS) is 22.4. The van der Waals surface area contributed by atoms with Crippen LogP contribution in [-0.2, 0) is 0 Å². The standard InChI is InChI=1S/C9H17F2N.C8H17N.C7H15N.C2H6/c1-7(2)12-5-3-8(4-6-12)9(10)11;1-8(2)9-6-4-3-5-7-9;1-7-3-5-8(2)6-4-7;1-2/h7-9H,3-6H2,1-2H3;8H,3-7H2,1-2H3;7H,3-6H2,1-2H3;1-2H3. The fraction of sp³-hybridized carbons (Fsp3) is 1.00. The van der Waals surface area contributed by atoms with E-state index in [1.807, 2.05) is 13.8 Å². The summed E-state index contributed by atoms with van der Waals surface area (Å²) in [5.41, 5.74) is 0. The first kappa shape index (κ1) is 30.7. The molecule has 0 N–H and O–H groups in total. The monoisotopic (exact) mass is 447 g/mol. The third-order valence-electron chi connectivity index (χ3n) is 6.79. The molecule has 3 aliphatic heterocycles. The summed E-state index contributed by atoms with van der Waals surface area (Å²) in [6.45, 7) is 22.1. The Bertz CT molecular complexity index is 356. The lowest BCUT2D eigenvalue weighted by molar-refractivity contribution is 0.0283. The summed E-state index contributed by atoms with van der Waals surface area (Å²) < 4.78 is 24.5. The van der Waals surface area contributed by atoms with Gasteiger partial charge in [-0.15, -0.1) is 0 Å². The molecule has 0 spiro atoms. The molecule has 0 radical (unpaired) electrons. The van der Waals surface area contributed by atoms with Crippen molar-refractivity contribution in [1.82, 2.24) is 14.7 Å². The molecule has 3 rings (SSSR count). The van der Waals surface area contributed by atoms with Gasteiger partial charge in [-0.25, -0.2) is 8.78 Å². The van der Waals surface area contributed by atoms with E-state index in [0.717, 1.165) is 25.0 Å². The molecule has 3 fully saturated rings. The predicted molar refractivity (Wildman–Crippen MR) is 133 cm³/mol. The Morgan fingerprint density at radius 3 is 1.39 bits per heavy atom. The van der Waals surface area contributed by atoms with E-state index in [4.69, 9.17) is 0 Å². The van der Waals surface area contributed by atoms with Crippen LogP contribution in [0.2, 0.25) is 0 Å². The summed E-state index contributed by atoms with van der Waals surface area (Å²) in [5, 5.41) is 0. The SMILES string of the molecule is CC.CC(C)N1CCC(C(F)F)CC1.CC(C)N1CCCCC1.CC1CCN(C)CC1. The van der Waals surface area contributed by atoms with Gasteiger partial charge in [0.25, 0.3) is 0 Å². The van der Waals surface area contributed by atoms with Crippen molar-refractivity contribution in [1.29, 1.82) is 0 Å². The van der Waals surface area contributed by atoms with E-state index in [1.165, 1.54) is 58.3 Å². The van der Waals surface area contributed by atoms with E-state index >= 15 is 0 Å². The molecule has 0 aliphatic carbocycles. The topological polar surface area (TPSA) is 9.72 Å². The zero-order chi connectivity index (χ0) is 23.8. The first-order chi connectivity index (χ1) is 14.7. The van der Waals surface area contributed by atoms with Crippen molar-refractivity contribution in [3.63, 3.8) is 0 Å². The summed E-state index contributed by atoms with van der Waals surface area (Å²) in [5.74, 6) is 0.631. The van der Waals surface area contributed by atoms with Gasteiger partial charge in [-0.05, 0) is 118 Å². The Kier molecular flexibility index (Phi) is 18.0. The van der Waals surface area contributed by atoms with Crippen LogP contribution in [0, 0.1) is 11.8 Å². The van der Waals surface area contributed by atoms with Gasteiger partial charge in [-0.3, -0.25) is 0 Å². The molecular formula is C26H55F2N3. The minimum atomic E-state index is -2.11. The summed E-state index contributed by atoms with van der Waals surface area (Å²) in [6.07, 6.45) is 6.29. The van der Waals surface area contributed by atoms with Gasteiger partial charge in [0.15, 0.2) is 0 Å². The van der Waals surface area contributed by atoms with Crippen LogP contribution in [-0.4, -0.2) is 79.5 Å². The van der Waals surface area contributed by atoms with Gasteiger partial charge >= 0.3 is 0 Å². The first-order valence-electron chi connectivity index (χ1n) is 13.2. The average Bonchev–Trinajstić information content (AvgIpc) is 2.78. The maximum atomic E-state index is 12.2. The fourth-order valence-electron chi connectivity index (χ4n) is 4.26. The van der Waals surface area contributed by atoms with Crippen LogP contribution in [0.5, 0.6) is 0 Å². The highest BCUT2D eigenvalue weighted by Crippen LogP contribution is 2.24. The zero-order valence-electron chi connectivity index (χ0n) is 22.2. The van der Waals surface area contributed by atoms with E-state index in [2.05, 4.69) is 56.4 Å². The van der Waals surface area contributed by atoms with Crippen molar-refractivity contribution in [2.45, 2.75) is 112 Å². The Hall–Kier alpha value is -0.260.